The predicted octanol–water partition coefficient (Wildman–Crippen LogP) is 3.03. The number of aromatic amines is 1. The Kier molecular flexibility index (Phi) is 8.60. The van der Waals surface area contributed by atoms with Gasteiger partial charge in [0.15, 0.2) is 5.75 Å². The summed E-state index contributed by atoms with van der Waals surface area (Å²) in [6, 6.07) is 10.3. The lowest BCUT2D eigenvalue weighted by molar-refractivity contribution is -0.139. The van der Waals surface area contributed by atoms with Crippen LogP contribution >= 0.6 is 0 Å². The van der Waals surface area contributed by atoms with Gasteiger partial charge in [-0.25, -0.2) is 9.78 Å². The van der Waals surface area contributed by atoms with Gasteiger partial charge in [-0.1, -0.05) is 18.2 Å². The van der Waals surface area contributed by atoms with Crippen molar-refractivity contribution in [2.75, 3.05) is 25.5 Å². The summed E-state index contributed by atoms with van der Waals surface area (Å²) in [4.78, 5) is 44.4. The van der Waals surface area contributed by atoms with Crippen LogP contribution in [0.25, 0.3) is 10.9 Å². The topological polar surface area (TPSA) is 145 Å². The maximum absolute atomic E-state index is 12.8. The first kappa shape index (κ1) is 26.0. The molecule has 0 bridgehead atoms. The Morgan fingerprint density at radius 2 is 2.00 bits per heavy atom. The first-order valence-corrected chi connectivity index (χ1v) is 12.6. The first-order chi connectivity index (χ1) is 18.0. The van der Waals surface area contributed by atoms with Crippen LogP contribution in [0, 0.1) is 0 Å². The van der Waals surface area contributed by atoms with Crippen molar-refractivity contribution in [3.8, 4) is 5.75 Å². The minimum atomic E-state index is -1.18. The molecule has 196 valence electrons. The molecule has 0 spiro atoms. The Bertz CT molecular complexity index is 1270. The number of aliphatic carboxylic acids is 1. The number of hydrogen-bond acceptors (Lipinski definition) is 6. The van der Waals surface area contributed by atoms with Gasteiger partial charge < -0.3 is 30.8 Å². The minimum Gasteiger partial charge on any atom is -0.494 e. The molecule has 1 aliphatic rings. The average Bonchev–Trinajstić information content (AvgIpc) is 3.29. The van der Waals surface area contributed by atoms with Gasteiger partial charge in [0.05, 0.1) is 7.11 Å². The van der Waals surface area contributed by atoms with E-state index in [1.165, 1.54) is 12.7 Å². The number of carbonyl (C=O) groups is 3. The van der Waals surface area contributed by atoms with Gasteiger partial charge in [-0.05, 0) is 62.3 Å². The molecule has 4 rings (SSSR count). The molecule has 0 aliphatic carbocycles. The van der Waals surface area contributed by atoms with Gasteiger partial charge in [0.25, 0.3) is 5.91 Å². The standard InChI is InChI=1S/C27H33N5O5/c1-37-24-19-9-3-4-10-20(19)31-23(24)26(34)32-21(27(35)36)14-16-28-22(33)11-5-2-8-18-13-12-17-7-6-15-29-25(17)30-18/h3-4,9-10,12-13,21,31H,2,5-8,11,14-16H2,1H3,(H,28,33)(H,29,30)(H,32,34)(H,35,36). The van der Waals surface area contributed by atoms with Crippen molar-refractivity contribution in [1.29, 1.82) is 0 Å². The molecule has 5 N–H and O–H groups in total. The number of pyridine rings is 1. The number of nitrogens with one attached hydrogen (secondary N) is 4. The zero-order valence-corrected chi connectivity index (χ0v) is 20.9. The van der Waals surface area contributed by atoms with Crippen molar-refractivity contribution in [2.24, 2.45) is 0 Å². The van der Waals surface area contributed by atoms with Gasteiger partial charge in [-0.2, -0.15) is 0 Å². The number of methoxy groups -OCH3 is 1. The number of carboxylic acids is 1. The van der Waals surface area contributed by atoms with E-state index in [0.29, 0.717) is 24.1 Å². The first-order valence-electron chi connectivity index (χ1n) is 12.6. The molecule has 2 amide bonds. The van der Waals surface area contributed by atoms with E-state index in [2.05, 4.69) is 38.1 Å². The fourth-order valence-corrected chi connectivity index (χ4v) is 4.52. The Morgan fingerprint density at radius 1 is 1.16 bits per heavy atom. The fraction of sp³-hybridized carbons (Fsp3) is 0.407. The summed E-state index contributed by atoms with van der Waals surface area (Å²) in [6.45, 7) is 1.09. The van der Waals surface area contributed by atoms with Crippen LogP contribution in [0.4, 0.5) is 5.82 Å². The molecule has 0 saturated heterocycles. The Labute approximate surface area is 215 Å². The summed E-state index contributed by atoms with van der Waals surface area (Å²) >= 11 is 0. The summed E-state index contributed by atoms with van der Waals surface area (Å²) in [6.07, 6.45) is 4.92. The Hall–Kier alpha value is -4.08. The van der Waals surface area contributed by atoms with Gasteiger partial charge in [0.1, 0.15) is 17.6 Å². The molecule has 1 aromatic carbocycles. The summed E-state index contributed by atoms with van der Waals surface area (Å²) in [5.74, 6) is -0.577. The number of aryl methyl sites for hydroxylation is 2. The van der Waals surface area contributed by atoms with Crippen LogP contribution in [0.1, 0.15) is 53.8 Å². The maximum Gasteiger partial charge on any atom is 0.326 e. The number of ether oxygens (including phenoxy) is 1. The molecule has 0 radical (unpaired) electrons. The van der Waals surface area contributed by atoms with Crippen molar-refractivity contribution in [3.05, 3.63) is 53.3 Å². The summed E-state index contributed by atoms with van der Waals surface area (Å²) in [7, 11) is 1.46. The number of hydrogen-bond donors (Lipinski definition) is 5. The van der Waals surface area contributed by atoms with Crippen molar-refractivity contribution in [3.63, 3.8) is 0 Å². The lowest BCUT2D eigenvalue weighted by Crippen LogP contribution is -2.43. The second-order valence-corrected chi connectivity index (χ2v) is 9.13. The molecule has 2 aromatic heterocycles. The predicted molar refractivity (Wildman–Crippen MR) is 140 cm³/mol. The molecule has 10 nitrogen and oxygen atoms in total. The number of anilines is 1. The smallest absolute Gasteiger partial charge is 0.326 e. The van der Waals surface area contributed by atoms with E-state index >= 15 is 0 Å². The summed E-state index contributed by atoms with van der Waals surface area (Å²) in [5.41, 5.74) is 3.14. The number of aromatic nitrogens is 2. The van der Waals surface area contributed by atoms with Crippen molar-refractivity contribution in [1.82, 2.24) is 20.6 Å². The van der Waals surface area contributed by atoms with E-state index in [4.69, 9.17) is 4.74 Å². The van der Waals surface area contributed by atoms with Crippen molar-refractivity contribution >= 4 is 34.5 Å². The Morgan fingerprint density at radius 3 is 2.81 bits per heavy atom. The third-order valence-electron chi connectivity index (χ3n) is 6.49. The highest BCUT2D eigenvalue weighted by molar-refractivity contribution is 6.04. The molecule has 0 fully saturated rings. The van der Waals surface area contributed by atoms with Gasteiger partial charge >= 0.3 is 5.97 Å². The highest BCUT2D eigenvalue weighted by Gasteiger charge is 2.25. The molecule has 1 atom stereocenters. The number of carboxylic acid groups (broad SMARTS) is 1. The number of para-hydroxylation sites is 1. The van der Waals surface area contributed by atoms with Crippen LogP contribution in [0.2, 0.25) is 0 Å². The van der Waals surface area contributed by atoms with Gasteiger partial charge in [-0.15, -0.1) is 0 Å². The maximum atomic E-state index is 12.8. The molecule has 1 unspecified atom stereocenters. The number of nitrogens with zero attached hydrogens (tertiary/aromatic N) is 1. The molecular weight excluding hydrogens is 474 g/mol. The van der Waals surface area contributed by atoms with Gasteiger partial charge in [0, 0.05) is 36.1 Å². The SMILES string of the molecule is COc1c(C(=O)NC(CCNC(=O)CCCCc2ccc3c(n2)NCCC3)C(=O)O)[nH]c2ccccc12. The second-order valence-electron chi connectivity index (χ2n) is 9.13. The van der Waals surface area contributed by atoms with Crippen LogP contribution in [0.15, 0.2) is 36.4 Å². The summed E-state index contributed by atoms with van der Waals surface area (Å²) < 4.78 is 5.37. The van der Waals surface area contributed by atoms with Crippen LogP contribution < -0.4 is 20.7 Å². The van der Waals surface area contributed by atoms with E-state index in [0.717, 1.165) is 49.1 Å². The zero-order valence-electron chi connectivity index (χ0n) is 20.9. The van der Waals surface area contributed by atoms with Crippen LogP contribution in [0.5, 0.6) is 5.75 Å². The molecule has 10 heteroatoms. The highest BCUT2D eigenvalue weighted by Crippen LogP contribution is 2.29. The lowest BCUT2D eigenvalue weighted by atomic mass is 10.1. The number of rotatable bonds is 12. The fourth-order valence-electron chi connectivity index (χ4n) is 4.52. The molecule has 3 heterocycles. The molecule has 0 saturated carbocycles. The lowest BCUT2D eigenvalue weighted by Gasteiger charge is -2.17. The number of H-pyrrole nitrogens is 1. The van der Waals surface area contributed by atoms with E-state index in [9.17, 15) is 19.5 Å². The van der Waals surface area contributed by atoms with Crippen molar-refractivity contribution in [2.45, 2.75) is 51.0 Å². The minimum absolute atomic E-state index is 0.0569. The van der Waals surface area contributed by atoms with Crippen molar-refractivity contribution < 1.29 is 24.2 Å². The van der Waals surface area contributed by atoms with Crippen LogP contribution in [0.3, 0.4) is 0 Å². The number of fused-ring (bicyclic) bond motifs is 2. The zero-order chi connectivity index (χ0) is 26.2. The monoisotopic (exact) mass is 507 g/mol. The van der Waals surface area contributed by atoms with E-state index in [-0.39, 0.29) is 24.6 Å². The third kappa shape index (κ3) is 6.58. The molecule has 3 aromatic rings. The quantitative estimate of drug-likeness (QED) is 0.237. The number of carbonyl (C=O) groups excluding carboxylic acids is 2. The molecular formula is C27H33N5O5. The number of unbranched alkanes of at least 4 members (excludes halogenated alkanes) is 1. The highest BCUT2D eigenvalue weighted by atomic mass is 16.5. The third-order valence-corrected chi connectivity index (χ3v) is 6.49. The van der Waals surface area contributed by atoms with Crippen LogP contribution in [-0.2, 0) is 22.4 Å². The van der Waals surface area contributed by atoms with E-state index < -0.39 is 17.9 Å². The second kappa shape index (κ2) is 12.2. The summed E-state index contributed by atoms with van der Waals surface area (Å²) in [5, 5.41) is 18.9. The van der Waals surface area contributed by atoms with Gasteiger partial charge in [0.2, 0.25) is 5.91 Å². The Balaban J connectivity index is 1.20. The van der Waals surface area contributed by atoms with Gasteiger partial charge in [-0.3, -0.25) is 9.59 Å². The number of amides is 2. The molecule has 37 heavy (non-hydrogen) atoms. The normalized spacial score (nSPS) is 13.3. The van der Waals surface area contributed by atoms with E-state index in [1.807, 2.05) is 18.2 Å². The number of benzene rings is 1. The average molecular weight is 508 g/mol. The van der Waals surface area contributed by atoms with E-state index in [1.54, 1.807) is 6.07 Å². The molecule has 1 aliphatic heterocycles. The van der Waals surface area contributed by atoms with Crippen LogP contribution in [-0.4, -0.2) is 59.1 Å². The largest absolute Gasteiger partial charge is 0.494 e.